The molecule has 0 saturated heterocycles. The topological polar surface area (TPSA) is 59.9 Å². The molecule has 0 atom stereocenters. The van der Waals surface area contributed by atoms with Crippen LogP contribution in [0, 0.1) is 0 Å². The molecule has 1 amide bonds. The Morgan fingerprint density at radius 2 is 1.81 bits per heavy atom. The van der Waals surface area contributed by atoms with Crippen molar-refractivity contribution < 1.29 is 14.3 Å². The van der Waals surface area contributed by atoms with Crippen LogP contribution in [0.2, 0.25) is 15.1 Å². The average molecular weight is 557 g/mol. The molecule has 32 heavy (non-hydrogen) atoms. The number of amides is 1. The van der Waals surface area contributed by atoms with Crippen LogP contribution in [0.15, 0.2) is 64.2 Å². The molecule has 9 heteroatoms. The van der Waals surface area contributed by atoms with Crippen molar-refractivity contribution in [2.45, 2.75) is 13.5 Å². The van der Waals surface area contributed by atoms with Crippen molar-refractivity contribution in [2.24, 2.45) is 5.10 Å². The number of hydrogen-bond acceptors (Lipinski definition) is 4. The fraction of sp³-hybridized carbons (Fsp3) is 0.130. The van der Waals surface area contributed by atoms with Gasteiger partial charge < -0.3 is 9.47 Å². The van der Waals surface area contributed by atoms with Crippen LogP contribution < -0.4 is 14.9 Å². The third-order valence-electron chi connectivity index (χ3n) is 4.20. The molecule has 0 radical (unpaired) electrons. The Morgan fingerprint density at radius 1 is 1.03 bits per heavy atom. The van der Waals surface area contributed by atoms with Crippen LogP contribution in [0.1, 0.15) is 28.4 Å². The first-order valence-electron chi connectivity index (χ1n) is 9.50. The number of nitrogens with zero attached hydrogens (tertiary/aromatic N) is 1. The maximum Gasteiger partial charge on any atom is 0.272 e. The van der Waals surface area contributed by atoms with Gasteiger partial charge in [0.15, 0.2) is 11.5 Å². The second-order valence-corrected chi connectivity index (χ2v) is 8.56. The molecule has 0 saturated carbocycles. The highest BCUT2D eigenvalue weighted by Gasteiger charge is 2.13. The quantitative estimate of drug-likeness (QED) is 0.237. The van der Waals surface area contributed by atoms with E-state index in [0.29, 0.717) is 48.8 Å². The monoisotopic (exact) mass is 554 g/mol. The molecule has 0 spiro atoms. The molecule has 3 rings (SSSR count). The summed E-state index contributed by atoms with van der Waals surface area (Å²) >= 11 is 21.8. The van der Waals surface area contributed by atoms with Gasteiger partial charge in [0.1, 0.15) is 6.61 Å². The van der Waals surface area contributed by atoms with Crippen LogP contribution in [0.4, 0.5) is 0 Å². The summed E-state index contributed by atoms with van der Waals surface area (Å²) in [6.45, 7) is 2.50. The van der Waals surface area contributed by atoms with Crippen molar-refractivity contribution in [2.75, 3.05) is 6.61 Å². The van der Waals surface area contributed by atoms with Crippen molar-refractivity contribution in [3.8, 4) is 11.5 Å². The van der Waals surface area contributed by atoms with E-state index in [-0.39, 0.29) is 12.5 Å². The maximum atomic E-state index is 12.3. The summed E-state index contributed by atoms with van der Waals surface area (Å²) in [5.74, 6) is 0.513. The first-order chi connectivity index (χ1) is 15.4. The van der Waals surface area contributed by atoms with Gasteiger partial charge in [0, 0.05) is 4.47 Å². The van der Waals surface area contributed by atoms with E-state index in [1.54, 1.807) is 42.5 Å². The Balaban J connectivity index is 1.74. The van der Waals surface area contributed by atoms with E-state index in [1.807, 2.05) is 19.1 Å². The van der Waals surface area contributed by atoms with Crippen molar-refractivity contribution >= 4 is 62.9 Å². The fourth-order valence-electron chi connectivity index (χ4n) is 2.72. The summed E-state index contributed by atoms with van der Waals surface area (Å²) in [5.41, 5.74) is 4.43. The largest absolute Gasteiger partial charge is 0.490 e. The van der Waals surface area contributed by atoms with Gasteiger partial charge in [-0.25, -0.2) is 5.43 Å². The minimum absolute atomic E-state index is 0.228. The van der Waals surface area contributed by atoms with Crippen LogP contribution in [0.5, 0.6) is 11.5 Å². The molecule has 0 unspecified atom stereocenters. The van der Waals surface area contributed by atoms with Gasteiger partial charge in [-0.05, 0) is 70.4 Å². The number of hydrogen-bond donors (Lipinski definition) is 1. The van der Waals surface area contributed by atoms with Crippen molar-refractivity contribution in [3.05, 3.63) is 90.8 Å². The lowest BCUT2D eigenvalue weighted by molar-refractivity contribution is 0.0954. The summed E-state index contributed by atoms with van der Waals surface area (Å²) in [6.07, 6.45) is 1.48. The molecule has 0 fully saturated rings. The van der Waals surface area contributed by atoms with Crippen molar-refractivity contribution in [1.82, 2.24) is 5.43 Å². The summed E-state index contributed by atoms with van der Waals surface area (Å²) in [5, 5.41) is 5.27. The van der Waals surface area contributed by atoms with E-state index in [9.17, 15) is 4.79 Å². The first kappa shape index (κ1) is 24.4. The standard InChI is InChI=1S/C23H18BrCl3N2O3/c1-2-31-21-11-15(12-28-29-23(30)16-5-3-4-6-17(16)24)10-20(27)22(21)32-13-14-7-8-18(25)19(26)9-14/h3-12H,2,13H2,1H3,(H,29,30)/b28-12+. The molecule has 0 bridgehead atoms. The van der Waals surface area contributed by atoms with Gasteiger partial charge in [-0.2, -0.15) is 5.10 Å². The molecular weight excluding hydrogens is 539 g/mol. The smallest absolute Gasteiger partial charge is 0.272 e. The Bertz CT molecular complexity index is 1160. The number of ether oxygens (including phenoxy) is 2. The number of hydrazone groups is 1. The van der Waals surface area contributed by atoms with Gasteiger partial charge in [-0.1, -0.05) is 53.0 Å². The number of carbonyl (C=O) groups excluding carboxylic acids is 1. The van der Waals surface area contributed by atoms with E-state index in [2.05, 4.69) is 26.5 Å². The second-order valence-electron chi connectivity index (χ2n) is 6.48. The van der Waals surface area contributed by atoms with E-state index in [0.717, 1.165) is 5.56 Å². The Morgan fingerprint density at radius 3 is 2.53 bits per heavy atom. The summed E-state index contributed by atoms with van der Waals surface area (Å²) in [4.78, 5) is 12.3. The van der Waals surface area contributed by atoms with E-state index in [4.69, 9.17) is 44.3 Å². The number of nitrogens with one attached hydrogen (secondary N) is 1. The zero-order valence-corrected chi connectivity index (χ0v) is 20.7. The van der Waals surface area contributed by atoms with Gasteiger partial charge in [0.05, 0.1) is 33.5 Å². The molecule has 1 N–H and O–H groups in total. The van der Waals surface area contributed by atoms with E-state index < -0.39 is 0 Å². The zero-order chi connectivity index (χ0) is 23.1. The van der Waals surface area contributed by atoms with Crippen LogP contribution in [-0.4, -0.2) is 18.7 Å². The lowest BCUT2D eigenvalue weighted by Gasteiger charge is -2.14. The van der Waals surface area contributed by atoms with Gasteiger partial charge in [-0.3, -0.25) is 4.79 Å². The Labute approximate surface area is 209 Å². The molecule has 0 aliphatic rings. The second kappa shape index (κ2) is 11.6. The predicted molar refractivity (Wildman–Crippen MR) is 133 cm³/mol. The molecule has 3 aromatic carbocycles. The van der Waals surface area contributed by atoms with Crippen LogP contribution in [-0.2, 0) is 6.61 Å². The Hall–Kier alpha value is -2.25. The van der Waals surface area contributed by atoms with Gasteiger partial charge in [0.25, 0.3) is 5.91 Å². The summed E-state index contributed by atoms with van der Waals surface area (Å²) < 4.78 is 12.3. The molecule has 3 aromatic rings. The van der Waals surface area contributed by atoms with E-state index in [1.165, 1.54) is 6.21 Å². The highest BCUT2D eigenvalue weighted by molar-refractivity contribution is 9.10. The third-order valence-corrected chi connectivity index (χ3v) is 5.91. The SMILES string of the molecule is CCOc1cc(/C=N/NC(=O)c2ccccc2Br)cc(Cl)c1OCc1ccc(Cl)c(Cl)c1. The third kappa shape index (κ3) is 6.39. The number of carbonyl (C=O) groups is 1. The van der Waals surface area contributed by atoms with Crippen LogP contribution >= 0.6 is 50.7 Å². The zero-order valence-electron chi connectivity index (χ0n) is 16.9. The summed E-state index contributed by atoms with van der Waals surface area (Å²) in [6, 6.07) is 15.7. The molecule has 166 valence electrons. The highest BCUT2D eigenvalue weighted by atomic mass is 79.9. The van der Waals surface area contributed by atoms with Gasteiger partial charge >= 0.3 is 0 Å². The van der Waals surface area contributed by atoms with Crippen molar-refractivity contribution in [1.29, 1.82) is 0 Å². The minimum atomic E-state index is -0.341. The molecule has 0 heterocycles. The number of halogens is 4. The molecule has 0 aliphatic heterocycles. The average Bonchev–Trinajstić information content (AvgIpc) is 2.76. The lowest BCUT2D eigenvalue weighted by Crippen LogP contribution is -2.18. The summed E-state index contributed by atoms with van der Waals surface area (Å²) in [7, 11) is 0. The number of rotatable bonds is 8. The van der Waals surface area contributed by atoms with Crippen molar-refractivity contribution in [3.63, 3.8) is 0 Å². The van der Waals surface area contributed by atoms with Crippen LogP contribution in [0.25, 0.3) is 0 Å². The van der Waals surface area contributed by atoms with Gasteiger partial charge in [-0.15, -0.1) is 0 Å². The molecule has 5 nitrogen and oxygen atoms in total. The molecule has 0 aromatic heterocycles. The fourth-order valence-corrected chi connectivity index (χ4v) is 3.78. The Kier molecular flexibility index (Phi) is 8.82. The lowest BCUT2D eigenvalue weighted by atomic mass is 10.2. The van der Waals surface area contributed by atoms with Gasteiger partial charge in [0.2, 0.25) is 0 Å². The predicted octanol–water partition coefficient (Wildman–Crippen LogP) is 7.15. The number of benzene rings is 3. The molecular formula is C23H18BrCl3N2O3. The maximum absolute atomic E-state index is 12.3. The minimum Gasteiger partial charge on any atom is -0.490 e. The van der Waals surface area contributed by atoms with E-state index >= 15 is 0 Å². The van der Waals surface area contributed by atoms with Crippen LogP contribution in [0.3, 0.4) is 0 Å². The first-order valence-corrected chi connectivity index (χ1v) is 11.4. The molecule has 0 aliphatic carbocycles. The highest BCUT2D eigenvalue weighted by Crippen LogP contribution is 2.37. The normalized spacial score (nSPS) is 10.9.